The van der Waals surface area contributed by atoms with Gasteiger partial charge in [0, 0.05) is 17.1 Å². The maximum Gasteiger partial charge on any atom is 0.240 e. The molecule has 3 aromatic carbocycles. The highest BCUT2D eigenvalue weighted by Gasteiger charge is 2.17. The van der Waals surface area contributed by atoms with E-state index in [1.165, 1.54) is 12.1 Å². The Kier molecular flexibility index (Phi) is 5.56. The summed E-state index contributed by atoms with van der Waals surface area (Å²) in [6.45, 7) is -0.0679. The first-order valence-electron chi connectivity index (χ1n) is 7.71. The van der Waals surface area contributed by atoms with Crippen LogP contribution in [0.1, 0.15) is 5.56 Å². The van der Waals surface area contributed by atoms with Crippen molar-refractivity contribution < 1.29 is 17.5 Å². The van der Waals surface area contributed by atoms with Gasteiger partial charge in [-0.1, -0.05) is 35.9 Å². The van der Waals surface area contributed by atoms with Crippen molar-refractivity contribution in [3.05, 3.63) is 89.2 Å². The van der Waals surface area contributed by atoms with Crippen LogP contribution in [0.2, 0.25) is 5.02 Å². The molecule has 0 unspecified atom stereocenters. The van der Waals surface area contributed by atoms with Gasteiger partial charge >= 0.3 is 0 Å². The predicted molar refractivity (Wildman–Crippen MR) is 98.4 cm³/mol. The Labute approximate surface area is 156 Å². The molecule has 26 heavy (non-hydrogen) atoms. The summed E-state index contributed by atoms with van der Waals surface area (Å²) < 4.78 is 46.0. The molecule has 0 saturated heterocycles. The molecule has 3 rings (SSSR count). The van der Waals surface area contributed by atoms with Crippen molar-refractivity contribution in [3.63, 3.8) is 0 Å². The quantitative estimate of drug-likeness (QED) is 0.659. The van der Waals surface area contributed by atoms with Crippen molar-refractivity contribution in [3.8, 4) is 11.5 Å². The fourth-order valence-corrected chi connectivity index (χ4v) is 3.51. The number of sulfonamides is 1. The second-order valence-corrected chi connectivity index (χ2v) is 7.58. The summed E-state index contributed by atoms with van der Waals surface area (Å²) >= 11 is 6.23. The van der Waals surface area contributed by atoms with Gasteiger partial charge in [0.25, 0.3) is 0 Å². The van der Waals surface area contributed by atoms with E-state index in [9.17, 15) is 12.8 Å². The van der Waals surface area contributed by atoms with E-state index in [1.54, 1.807) is 30.3 Å². The van der Waals surface area contributed by atoms with Gasteiger partial charge in [-0.15, -0.1) is 0 Å². The van der Waals surface area contributed by atoms with Crippen molar-refractivity contribution in [1.82, 2.24) is 4.72 Å². The first kappa shape index (κ1) is 18.4. The number of hydrogen-bond donors (Lipinski definition) is 1. The van der Waals surface area contributed by atoms with Crippen LogP contribution in [0.15, 0.2) is 77.7 Å². The number of ether oxygens (including phenoxy) is 1. The number of hydrogen-bond acceptors (Lipinski definition) is 3. The van der Waals surface area contributed by atoms with Crippen LogP contribution in [0.5, 0.6) is 11.5 Å². The molecule has 0 spiro atoms. The molecule has 0 fully saturated rings. The van der Waals surface area contributed by atoms with Gasteiger partial charge in [0.1, 0.15) is 17.3 Å². The second-order valence-electron chi connectivity index (χ2n) is 5.41. The summed E-state index contributed by atoms with van der Waals surface area (Å²) in [5.74, 6) is 0.552. The van der Waals surface area contributed by atoms with E-state index in [1.807, 2.05) is 18.2 Å². The lowest BCUT2D eigenvalue weighted by Crippen LogP contribution is -2.23. The maximum atomic E-state index is 13.0. The molecular formula is C19H15ClFNO3S. The Morgan fingerprint density at radius 2 is 1.62 bits per heavy atom. The Bertz CT molecular complexity index is 993. The smallest absolute Gasteiger partial charge is 0.240 e. The van der Waals surface area contributed by atoms with Crippen LogP contribution in [0.25, 0.3) is 0 Å². The normalized spacial score (nSPS) is 11.3. The number of nitrogens with one attached hydrogen (secondary N) is 1. The SMILES string of the molecule is O=S(=O)(NCc1c(Cl)cccc1Oc1ccccc1)c1ccc(F)cc1. The Balaban J connectivity index is 1.82. The third kappa shape index (κ3) is 4.40. The Morgan fingerprint density at radius 3 is 2.31 bits per heavy atom. The van der Waals surface area contributed by atoms with Crippen molar-refractivity contribution in [1.29, 1.82) is 0 Å². The summed E-state index contributed by atoms with van der Waals surface area (Å²) in [5, 5.41) is 0.375. The topological polar surface area (TPSA) is 55.4 Å². The molecule has 0 aliphatic carbocycles. The Hall–Kier alpha value is -2.41. The fourth-order valence-electron chi connectivity index (χ4n) is 2.29. The minimum absolute atomic E-state index is 0.0310. The van der Waals surface area contributed by atoms with Gasteiger partial charge in [0.05, 0.1) is 4.90 Å². The molecule has 0 aromatic heterocycles. The highest BCUT2D eigenvalue weighted by molar-refractivity contribution is 7.89. The minimum Gasteiger partial charge on any atom is -0.457 e. The summed E-state index contributed by atoms with van der Waals surface area (Å²) in [5.41, 5.74) is 0.503. The maximum absolute atomic E-state index is 13.0. The minimum atomic E-state index is -3.81. The third-order valence-corrected chi connectivity index (χ3v) is 5.38. The van der Waals surface area contributed by atoms with Crippen LogP contribution in [0.3, 0.4) is 0 Å². The van der Waals surface area contributed by atoms with Crippen LogP contribution in [0.4, 0.5) is 4.39 Å². The summed E-state index contributed by atoms with van der Waals surface area (Å²) in [6.07, 6.45) is 0. The van der Waals surface area contributed by atoms with Gasteiger partial charge in [0.15, 0.2) is 0 Å². The van der Waals surface area contributed by atoms with Gasteiger partial charge in [-0.05, 0) is 48.5 Å². The van der Waals surface area contributed by atoms with E-state index < -0.39 is 15.8 Å². The predicted octanol–water partition coefficient (Wildman–Crippen LogP) is 4.75. The first-order chi connectivity index (χ1) is 12.5. The van der Waals surface area contributed by atoms with Crippen LogP contribution < -0.4 is 9.46 Å². The zero-order valence-corrected chi connectivity index (χ0v) is 15.1. The fraction of sp³-hybridized carbons (Fsp3) is 0.0526. The van der Waals surface area contributed by atoms with Crippen LogP contribution in [0, 0.1) is 5.82 Å². The zero-order chi connectivity index (χ0) is 18.6. The monoisotopic (exact) mass is 391 g/mol. The van der Waals surface area contributed by atoms with E-state index in [0.717, 1.165) is 12.1 Å². The van der Waals surface area contributed by atoms with Crippen LogP contribution in [-0.2, 0) is 16.6 Å². The highest BCUT2D eigenvalue weighted by Crippen LogP contribution is 2.30. The molecule has 1 N–H and O–H groups in total. The molecule has 0 radical (unpaired) electrons. The average molecular weight is 392 g/mol. The molecule has 0 aliphatic rings. The van der Waals surface area contributed by atoms with E-state index in [0.29, 0.717) is 22.1 Å². The molecule has 7 heteroatoms. The lowest BCUT2D eigenvalue weighted by atomic mass is 10.2. The molecule has 0 saturated carbocycles. The van der Waals surface area contributed by atoms with Gasteiger partial charge in [-0.25, -0.2) is 17.5 Å². The second kappa shape index (κ2) is 7.86. The number of halogens is 2. The molecular weight excluding hydrogens is 377 g/mol. The van der Waals surface area contributed by atoms with Crippen molar-refractivity contribution in [2.24, 2.45) is 0 Å². The van der Waals surface area contributed by atoms with E-state index in [2.05, 4.69) is 4.72 Å². The molecule has 0 heterocycles. The van der Waals surface area contributed by atoms with Crippen LogP contribution in [-0.4, -0.2) is 8.42 Å². The van der Waals surface area contributed by atoms with Crippen molar-refractivity contribution >= 4 is 21.6 Å². The molecule has 4 nitrogen and oxygen atoms in total. The lowest BCUT2D eigenvalue weighted by Gasteiger charge is -2.14. The van der Waals surface area contributed by atoms with E-state index in [-0.39, 0.29) is 11.4 Å². The lowest BCUT2D eigenvalue weighted by molar-refractivity contribution is 0.475. The number of benzene rings is 3. The summed E-state index contributed by atoms with van der Waals surface area (Å²) in [4.78, 5) is -0.0310. The summed E-state index contributed by atoms with van der Waals surface area (Å²) in [7, 11) is -3.81. The Morgan fingerprint density at radius 1 is 0.923 bits per heavy atom. The van der Waals surface area contributed by atoms with Gasteiger partial charge in [0.2, 0.25) is 10.0 Å². The third-order valence-electron chi connectivity index (χ3n) is 3.61. The molecule has 0 bridgehead atoms. The molecule has 134 valence electrons. The standard InChI is InChI=1S/C19H15ClFNO3S/c20-18-7-4-8-19(25-15-5-2-1-3-6-15)17(18)13-22-26(23,24)16-11-9-14(21)10-12-16/h1-12,22H,13H2. The molecule has 0 atom stereocenters. The summed E-state index contributed by atoms with van der Waals surface area (Å²) in [6, 6.07) is 18.8. The highest BCUT2D eigenvalue weighted by atomic mass is 35.5. The number of rotatable bonds is 6. The van der Waals surface area contributed by atoms with E-state index in [4.69, 9.17) is 16.3 Å². The number of para-hydroxylation sites is 1. The average Bonchev–Trinajstić information content (AvgIpc) is 2.62. The molecule has 0 aliphatic heterocycles. The largest absolute Gasteiger partial charge is 0.457 e. The van der Waals surface area contributed by atoms with Gasteiger partial charge in [-0.2, -0.15) is 0 Å². The first-order valence-corrected chi connectivity index (χ1v) is 9.57. The van der Waals surface area contributed by atoms with Crippen LogP contribution >= 0.6 is 11.6 Å². The zero-order valence-electron chi connectivity index (χ0n) is 13.5. The van der Waals surface area contributed by atoms with Gasteiger partial charge < -0.3 is 4.74 Å². The van der Waals surface area contributed by atoms with Gasteiger partial charge in [-0.3, -0.25) is 0 Å². The molecule has 3 aromatic rings. The van der Waals surface area contributed by atoms with Crippen molar-refractivity contribution in [2.75, 3.05) is 0 Å². The van der Waals surface area contributed by atoms with Crippen molar-refractivity contribution in [2.45, 2.75) is 11.4 Å². The molecule has 0 amide bonds. The van der Waals surface area contributed by atoms with E-state index >= 15 is 0 Å².